The number of hydrogen-bond donors (Lipinski definition) is 1. The van der Waals surface area contributed by atoms with Gasteiger partial charge in [-0.2, -0.15) is 0 Å². The summed E-state index contributed by atoms with van der Waals surface area (Å²) in [6.45, 7) is 0. The summed E-state index contributed by atoms with van der Waals surface area (Å²) in [5.41, 5.74) is 3.73. The molecule has 6 heteroatoms. The zero-order valence-corrected chi connectivity index (χ0v) is 14.2. The van der Waals surface area contributed by atoms with Gasteiger partial charge >= 0.3 is 5.97 Å². The lowest BCUT2D eigenvalue weighted by Gasteiger charge is -2.37. The van der Waals surface area contributed by atoms with Crippen molar-refractivity contribution in [1.29, 1.82) is 0 Å². The minimum Gasteiger partial charge on any atom is -0.465 e. The highest BCUT2D eigenvalue weighted by Crippen LogP contribution is 2.50. The van der Waals surface area contributed by atoms with Crippen molar-refractivity contribution in [3.8, 4) is 0 Å². The van der Waals surface area contributed by atoms with Crippen LogP contribution in [0.3, 0.4) is 0 Å². The first-order chi connectivity index (χ1) is 12.6. The second-order valence-electron chi connectivity index (χ2n) is 6.62. The number of ether oxygens (including phenoxy) is 1. The Kier molecular flexibility index (Phi) is 3.95. The second kappa shape index (κ2) is 6.29. The molecule has 132 valence electrons. The van der Waals surface area contributed by atoms with Crippen LogP contribution < -0.4 is 5.32 Å². The van der Waals surface area contributed by atoms with Gasteiger partial charge in [0.15, 0.2) is 0 Å². The van der Waals surface area contributed by atoms with Crippen LogP contribution in [-0.4, -0.2) is 18.0 Å². The molecule has 2 aliphatic rings. The maximum absolute atomic E-state index is 11.8. The average Bonchev–Trinajstić information content (AvgIpc) is 3.16. The molecule has 0 bridgehead atoms. The van der Waals surface area contributed by atoms with Gasteiger partial charge in [0.2, 0.25) is 0 Å². The zero-order valence-electron chi connectivity index (χ0n) is 14.2. The highest BCUT2D eigenvalue weighted by Gasteiger charge is 2.38. The lowest BCUT2D eigenvalue weighted by molar-refractivity contribution is -0.384. The molecule has 0 fully saturated rings. The quantitative estimate of drug-likeness (QED) is 0.388. The predicted molar refractivity (Wildman–Crippen MR) is 97.2 cm³/mol. The van der Waals surface area contributed by atoms with Gasteiger partial charge in [0.05, 0.1) is 23.6 Å². The van der Waals surface area contributed by atoms with Crippen molar-refractivity contribution in [2.24, 2.45) is 5.92 Å². The Morgan fingerprint density at radius 3 is 2.69 bits per heavy atom. The van der Waals surface area contributed by atoms with Crippen LogP contribution in [-0.2, 0) is 4.74 Å². The summed E-state index contributed by atoms with van der Waals surface area (Å²) in [6, 6.07) is 12.3. The molecule has 1 heterocycles. The molecule has 1 N–H and O–H groups in total. The van der Waals surface area contributed by atoms with E-state index in [4.69, 9.17) is 4.74 Å². The summed E-state index contributed by atoms with van der Waals surface area (Å²) in [5.74, 6) is 0.164. The summed E-state index contributed by atoms with van der Waals surface area (Å²) in [4.78, 5) is 22.3. The fraction of sp³-hybridized carbons (Fsp3) is 0.250. The Balaban J connectivity index is 1.71. The number of methoxy groups -OCH3 is 1. The van der Waals surface area contributed by atoms with Crippen LogP contribution in [0.4, 0.5) is 11.4 Å². The molecule has 2 aromatic rings. The molecule has 0 radical (unpaired) electrons. The van der Waals surface area contributed by atoms with Crippen molar-refractivity contribution in [2.45, 2.75) is 18.4 Å². The van der Waals surface area contributed by atoms with E-state index >= 15 is 0 Å². The Bertz CT molecular complexity index is 905. The molecular formula is C20H18N2O4. The maximum Gasteiger partial charge on any atom is 0.337 e. The minimum atomic E-state index is -0.387. The van der Waals surface area contributed by atoms with Crippen LogP contribution >= 0.6 is 0 Å². The number of nitro benzene ring substituents is 1. The first kappa shape index (κ1) is 16.3. The van der Waals surface area contributed by atoms with E-state index in [1.807, 2.05) is 24.3 Å². The number of anilines is 1. The lowest BCUT2D eigenvalue weighted by atomic mass is 9.76. The van der Waals surface area contributed by atoms with Crippen LogP contribution in [0.25, 0.3) is 0 Å². The Morgan fingerprint density at radius 2 is 2.00 bits per heavy atom. The number of benzene rings is 2. The molecular weight excluding hydrogens is 332 g/mol. The number of allylic oxidation sites excluding steroid dienone is 2. The molecule has 0 amide bonds. The number of nitrogens with one attached hydrogen (secondary N) is 1. The molecule has 6 nitrogen and oxygen atoms in total. The van der Waals surface area contributed by atoms with Crippen molar-refractivity contribution in [2.75, 3.05) is 12.4 Å². The van der Waals surface area contributed by atoms with Gasteiger partial charge in [0.1, 0.15) is 0 Å². The third-order valence-corrected chi connectivity index (χ3v) is 5.25. The standard InChI is InChI=1S/C20H18N2O4/c1-26-20(23)13-7-10-18-17(11-13)15-3-2-4-16(15)19(21-18)12-5-8-14(9-6-12)22(24)25/h2-3,5-11,15-16,19,21H,4H2,1H3/t15-,16-,19-/m0/s1. The van der Waals surface area contributed by atoms with Gasteiger partial charge in [-0.15, -0.1) is 0 Å². The van der Waals surface area contributed by atoms with Gasteiger partial charge < -0.3 is 10.1 Å². The van der Waals surface area contributed by atoms with Crippen molar-refractivity contribution in [3.05, 3.63) is 81.4 Å². The molecule has 1 aliphatic heterocycles. The Morgan fingerprint density at radius 1 is 1.23 bits per heavy atom. The fourth-order valence-electron chi connectivity index (χ4n) is 3.97. The van der Waals surface area contributed by atoms with Gasteiger partial charge in [-0.05, 0) is 41.7 Å². The van der Waals surface area contributed by atoms with E-state index in [1.165, 1.54) is 7.11 Å². The third-order valence-electron chi connectivity index (χ3n) is 5.25. The zero-order chi connectivity index (χ0) is 18.3. The monoisotopic (exact) mass is 350 g/mol. The van der Waals surface area contributed by atoms with Crippen LogP contribution in [0.5, 0.6) is 0 Å². The molecule has 26 heavy (non-hydrogen) atoms. The van der Waals surface area contributed by atoms with E-state index < -0.39 is 0 Å². The number of carbonyl (C=O) groups excluding carboxylic acids is 1. The molecule has 2 aromatic carbocycles. The maximum atomic E-state index is 11.8. The SMILES string of the molecule is COC(=O)c1ccc2c(c1)[C@H]1C=CC[C@@H]1[C@H](c1ccc([N+](=O)[O-])cc1)N2. The van der Waals surface area contributed by atoms with E-state index in [1.54, 1.807) is 18.2 Å². The van der Waals surface area contributed by atoms with Crippen LogP contribution in [0.15, 0.2) is 54.6 Å². The minimum absolute atomic E-state index is 0.0623. The molecule has 3 atom stereocenters. The molecule has 0 spiro atoms. The predicted octanol–water partition coefficient (Wildman–Crippen LogP) is 4.21. The fourth-order valence-corrected chi connectivity index (χ4v) is 3.97. The first-order valence-electron chi connectivity index (χ1n) is 8.48. The van der Waals surface area contributed by atoms with Crippen molar-refractivity contribution < 1.29 is 14.5 Å². The van der Waals surface area contributed by atoms with Gasteiger partial charge in [0, 0.05) is 23.7 Å². The van der Waals surface area contributed by atoms with Gasteiger partial charge in [-0.25, -0.2) is 4.79 Å². The average molecular weight is 350 g/mol. The van der Waals surface area contributed by atoms with Gasteiger partial charge in [-0.1, -0.05) is 24.3 Å². The highest BCUT2D eigenvalue weighted by atomic mass is 16.6. The van der Waals surface area contributed by atoms with Crippen molar-refractivity contribution >= 4 is 17.3 Å². The smallest absolute Gasteiger partial charge is 0.337 e. The molecule has 4 rings (SSSR count). The number of fused-ring (bicyclic) bond motifs is 3. The third kappa shape index (κ3) is 2.63. The molecule has 1 aliphatic carbocycles. The summed E-state index contributed by atoms with van der Waals surface area (Å²) in [6.07, 6.45) is 5.26. The largest absolute Gasteiger partial charge is 0.465 e. The highest BCUT2D eigenvalue weighted by molar-refractivity contribution is 5.90. The number of rotatable bonds is 3. The summed E-state index contributed by atoms with van der Waals surface area (Å²) >= 11 is 0. The number of carbonyl (C=O) groups is 1. The van der Waals surface area contributed by atoms with Crippen molar-refractivity contribution in [3.63, 3.8) is 0 Å². The normalized spacial score (nSPS) is 22.9. The summed E-state index contributed by atoms with van der Waals surface area (Å²) in [5, 5.41) is 14.4. The van der Waals surface area contributed by atoms with E-state index in [0.29, 0.717) is 11.5 Å². The van der Waals surface area contributed by atoms with Gasteiger partial charge in [-0.3, -0.25) is 10.1 Å². The van der Waals surface area contributed by atoms with Crippen molar-refractivity contribution in [1.82, 2.24) is 0 Å². The first-order valence-corrected chi connectivity index (χ1v) is 8.48. The summed E-state index contributed by atoms with van der Waals surface area (Å²) in [7, 11) is 1.38. The second-order valence-corrected chi connectivity index (χ2v) is 6.62. The van der Waals surface area contributed by atoms with E-state index in [-0.39, 0.29) is 28.5 Å². The van der Waals surface area contributed by atoms with E-state index in [2.05, 4.69) is 17.5 Å². The summed E-state index contributed by atoms with van der Waals surface area (Å²) < 4.78 is 4.83. The molecule has 0 saturated heterocycles. The van der Waals surface area contributed by atoms with Crippen LogP contribution in [0.2, 0.25) is 0 Å². The molecule has 0 unspecified atom stereocenters. The number of hydrogen-bond acceptors (Lipinski definition) is 5. The number of nitro groups is 1. The number of nitrogens with zero attached hydrogens (tertiary/aromatic N) is 1. The van der Waals surface area contributed by atoms with Crippen LogP contribution in [0.1, 0.15) is 39.9 Å². The van der Waals surface area contributed by atoms with Gasteiger partial charge in [0.25, 0.3) is 5.69 Å². The Labute approximate surface area is 150 Å². The molecule has 0 aromatic heterocycles. The lowest BCUT2D eigenvalue weighted by Crippen LogP contribution is -2.29. The number of non-ortho nitro benzene ring substituents is 1. The van der Waals surface area contributed by atoms with Crippen LogP contribution in [0, 0.1) is 16.0 Å². The topological polar surface area (TPSA) is 81.5 Å². The number of esters is 1. The Hall–Kier alpha value is -3.15. The van der Waals surface area contributed by atoms with E-state index in [9.17, 15) is 14.9 Å². The molecule has 0 saturated carbocycles. The van der Waals surface area contributed by atoms with E-state index in [0.717, 1.165) is 23.2 Å².